The maximum Gasteiger partial charge on any atom is 0.104 e. The quantitative estimate of drug-likeness (QED) is 0.173. The number of aromatic nitrogens is 4. The molecule has 0 atom stereocenters. The summed E-state index contributed by atoms with van der Waals surface area (Å²) in [5.41, 5.74) is 13.2. The van der Waals surface area contributed by atoms with Crippen LogP contribution in [0.25, 0.3) is 132 Å². The van der Waals surface area contributed by atoms with E-state index in [-0.39, 0.29) is 0 Å². The maximum absolute atomic E-state index is 12.4. The molecule has 332 valence electrons. The average molecular weight is 915 g/mol. The molecule has 0 aliphatic carbocycles. The Kier molecular flexibility index (Phi) is 8.39. The van der Waals surface area contributed by atoms with Gasteiger partial charge in [-0.3, -0.25) is 0 Å². The third-order valence-electron chi connectivity index (χ3n) is 15.0. The number of nitriles is 2. The van der Waals surface area contributed by atoms with Gasteiger partial charge in [0.2, 0.25) is 0 Å². The van der Waals surface area contributed by atoms with Gasteiger partial charge in [0.15, 0.2) is 0 Å². The number of para-hydroxylation sites is 7. The normalized spacial score (nSPS) is 11.9. The summed E-state index contributed by atoms with van der Waals surface area (Å²) >= 11 is 0. The predicted octanol–water partition coefficient (Wildman–Crippen LogP) is 16.6. The van der Waals surface area contributed by atoms with Gasteiger partial charge >= 0.3 is 0 Å². The van der Waals surface area contributed by atoms with Crippen LogP contribution < -0.4 is 0 Å². The molecule has 4 aromatic heterocycles. The summed E-state index contributed by atoms with van der Waals surface area (Å²) < 4.78 is 9.16. The van der Waals surface area contributed by atoms with Gasteiger partial charge in [0, 0.05) is 54.3 Å². The minimum absolute atomic E-state index is 0.386. The van der Waals surface area contributed by atoms with Crippen LogP contribution in [-0.4, -0.2) is 18.3 Å². The Hall–Kier alpha value is -10.1. The predicted molar refractivity (Wildman–Crippen MR) is 296 cm³/mol. The van der Waals surface area contributed by atoms with Crippen LogP contribution in [0.3, 0.4) is 0 Å². The first kappa shape index (κ1) is 39.8. The van der Waals surface area contributed by atoms with Crippen molar-refractivity contribution < 1.29 is 0 Å². The Labute approximate surface area is 412 Å². The molecule has 4 heterocycles. The second-order valence-electron chi connectivity index (χ2n) is 18.6. The van der Waals surface area contributed by atoms with Gasteiger partial charge in [0.1, 0.15) is 23.3 Å². The van der Waals surface area contributed by atoms with E-state index in [1.54, 1.807) is 0 Å². The third kappa shape index (κ3) is 5.35. The molecule has 0 amide bonds. The van der Waals surface area contributed by atoms with Gasteiger partial charge < -0.3 is 18.3 Å². The lowest BCUT2D eigenvalue weighted by Crippen LogP contribution is -2.14. The highest BCUT2D eigenvalue weighted by molar-refractivity contribution is 6.26. The lowest BCUT2D eigenvalue weighted by molar-refractivity contribution is 1.08. The van der Waals surface area contributed by atoms with Crippen LogP contribution in [0, 0.1) is 22.7 Å². The van der Waals surface area contributed by atoms with Crippen molar-refractivity contribution in [3.63, 3.8) is 0 Å². The van der Waals surface area contributed by atoms with E-state index in [4.69, 9.17) is 0 Å². The van der Waals surface area contributed by atoms with Crippen molar-refractivity contribution >= 4 is 98.0 Å². The summed E-state index contributed by atoms with van der Waals surface area (Å²) in [7, 11) is 0. The van der Waals surface area contributed by atoms with Crippen molar-refractivity contribution in [2.45, 2.75) is 0 Å². The molecular weight excluding hydrogens is 877 g/mol. The number of rotatable bonds is 5. The summed E-state index contributed by atoms with van der Waals surface area (Å²) in [6.07, 6.45) is 0. The molecule has 72 heavy (non-hydrogen) atoms. The van der Waals surface area contributed by atoms with Crippen LogP contribution in [0.5, 0.6) is 0 Å². The monoisotopic (exact) mass is 914 g/mol. The van der Waals surface area contributed by atoms with Crippen molar-refractivity contribution in [3.8, 4) is 46.0 Å². The summed E-state index contributed by atoms with van der Waals surface area (Å²) in [5.74, 6) is 0. The number of hydrogen-bond donors (Lipinski definition) is 0. The summed E-state index contributed by atoms with van der Waals surface area (Å²) in [5, 5.41) is 35.5. The van der Waals surface area contributed by atoms with Crippen molar-refractivity contribution in [1.82, 2.24) is 18.3 Å². The minimum Gasteiger partial charge on any atom is -0.309 e. The van der Waals surface area contributed by atoms with Crippen LogP contribution in [0.1, 0.15) is 11.1 Å². The van der Waals surface area contributed by atoms with E-state index >= 15 is 0 Å². The van der Waals surface area contributed by atoms with E-state index in [2.05, 4.69) is 261 Å². The van der Waals surface area contributed by atoms with Gasteiger partial charge in [-0.1, -0.05) is 170 Å². The van der Waals surface area contributed by atoms with E-state index in [1.165, 1.54) is 0 Å². The van der Waals surface area contributed by atoms with E-state index in [9.17, 15) is 10.5 Å². The molecule has 0 radical (unpaired) electrons. The zero-order valence-corrected chi connectivity index (χ0v) is 38.6. The van der Waals surface area contributed by atoms with E-state index in [0.29, 0.717) is 28.2 Å². The zero-order valence-electron chi connectivity index (χ0n) is 38.6. The second kappa shape index (κ2) is 15.2. The van der Waals surface area contributed by atoms with Crippen molar-refractivity contribution in [1.29, 1.82) is 10.5 Å². The highest BCUT2D eigenvalue weighted by Crippen LogP contribution is 2.50. The minimum atomic E-state index is 0.386. The Morgan fingerprint density at radius 1 is 0.292 bits per heavy atom. The Morgan fingerprint density at radius 3 is 1.21 bits per heavy atom. The molecule has 0 fully saturated rings. The second-order valence-corrected chi connectivity index (χ2v) is 18.6. The highest BCUT2D eigenvalue weighted by atomic mass is 15.1. The fraction of sp³-hybridized carbons (Fsp3) is 0. The summed E-state index contributed by atoms with van der Waals surface area (Å²) in [4.78, 5) is 0. The van der Waals surface area contributed by atoms with Gasteiger partial charge in [-0.25, -0.2) is 0 Å². The molecule has 0 saturated heterocycles. The lowest BCUT2D eigenvalue weighted by Gasteiger charge is -2.26. The first-order valence-corrected chi connectivity index (χ1v) is 24.2. The molecule has 0 saturated carbocycles. The van der Waals surface area contributed by atoms with Crippen LogP contribution >= 0.6 is 0 Å². The smallest absolute Gasteiger partial charge is 0.104 e. The highest BCUT2D eigenvalue weighted by Gasteiger charge is 2.33. The fourth-order valence-electron chi connectivity index (χ4n) is 12.1. The zero-order chi connectivity index (χ0) is 47.6. The fourth-order valence-corrected chi connectivity index (χ4v) is 12.1. The molecular formula is C66H38N6. The van der Waals surface area contributed by atoms with Crippen LogP contribution in [-0.2, 0) is 0 Å². The largest absolute Gasteiger partial charge is 0.309 e. The van der Waals surface area contributed by atoms with Crippen LogP contribution in [0.15, 0.2) is 231 Å². The molecule has 6 nitrogen and oxygen atoms in total. The van der Waals surface area contributed by atoms with E-state index < -0.39 is 0 Å². The van der Waals surface area contributed by atoms with Gasteiger partial charge in [0.25, 0.3) is 0 Å². The van der Waals surface area contributed by atoms with Gasteiger partial charge in [0.05, 0.1) is 61.2 Å². The first-order chi connectivity index (χ1) is 35.7. The molecule has 15 aromatic rings. The van der Waals surface area contributed by atoms with Crippen molar-refractivity contribution in [2.75, 3.05) is 0 Å². The Balaban J connectivity index is 1.23. The molecule has 11 aromatic carbocycles. The summed E-state index contributed by atoms with van der Waals surface area (Å²) in [6, 6.07) is 86.5. The SMILES string of the molecule is N#Cc1c(-n2c3ccccc3c3ccccc32)c(-c2ccc3ccccc3c2)c(-n2c3ccccc3c3ccccc32)c(C#N)c1-n1c2ccccc2c2c1ccc1c3ccccc3n(-c3ccccc3)c12. The van der Waals surface area contributed by atoms with E-state index in [0.717, 1.165) is 115 Å². The number of benzene rings is 11. The number of nitrogens with zero attached hydrogens (tertiary/aromatic N) is 6. The van der Waals surface area contributed by atoms with E-state index in [1.807, 2.05) is 0 Å². The molecule has 0 bridgehead atoms. The molecule has 0 unspecified atom stereocenters. The lowest BCUT2D eigenvalue weighted by atomic mass is 9.90. The molecule has 0 aliphatic rings. The molecule has 0 N–H and O–H groups in total. The standard InChI is InChI=1S/C66H38N6/c67-39-52-63(72-59-33-17-11-27-51(59)62-60(72)37-36-50-49-26-10-12-28-54(49)69(64(50)62)44-20-2-1-3-21-44)53(40-68)66(71-57-31-15-8-24-47(57)48-25-9-16-32-58(48)71)61(43-35-34-41-18-4-5-19-42(41)38-43)65(52)70-55-29-13-6-22-45(55)46-23-7-14-30-56(46)70/h1-38H. The van der Waals surface area contributed by atoms with Gasteiger partial charge in [-0.15, -0.1) is 0 Å². The van der Waals surface area contributed by atoms with Crippen molar-refractivity contribution in [2.24, 2.45) is 0 Å². The number of hydrogen-bond acceptors (Lipinski definition) is 2. The first-order valence-electron chi connectivity index (χ1n) is 24.2. The number of fused-ring (bicyclic) bond motifs is 14. The van der Waals surface area contributed by atoms with Gasteiger partial charge in [-0.2, -0.15) is 10.5 Å². The molecule has 6 heteroatoms. The Morgan fingerprint density at radius 2 is 0.694 bits per heavy atom. The van der Waals surface area contributed by atoms with Crippen LogP contribution in [0.2, 0.25) is 0 Å². The topological polar surface area (TPSA) is 67.3 Å². The maximum atomic E-state index is 12.4. The van der Waals surface area contributed by atoms with Crippen molar-refractivity contribution in [3.05, 3.63) is 242 Å². The van der Waals surface area contributed by atoms with Crippen LogP contribution in [0.4, 0.5) is 0 Å². The third-order valence-corrected chi connectivity index (χ3v) is 15.0. The molecule has 0 aliphatic heterocycles. The Bertz CT molecular complexity index is 4630. The molecule has 15 rings (SSSR count). The average Bonchev–Trinajstić information content (AvgIpc) is 4.17. The van der Waals surface area contributed by atoms with Gasteiger partial charge in [-0.05, 0) is 77.0 Å². The summed E-state index contributed by atoms with van der Waals surface area (Å²) in [6.45, 7) is 0. The molecule has 0 spiro atoms.